The van der Waals surface area contributed by atoms with Gasteiger partial charge in [-0.15, -0.1) is 0 Å². The van der Waals surface area contributed by atoms with Crippen LogP contribution in [0.25, 0.3) is 0 Å². The van der Waals surface area contributed by atoms with Crippen molar-refractivity contribution in [1.82, 2.24) is 0 Å². The van der Waals surface area contributed by atoms with Crippen LogP contribution in [0.1, 0.15) is 43.7 Å². The minimum Gasteiger partial charge on any atom is -0.325 e. The number of benzene rings is 1. The molecule has 0 aromatic heterocycles. The minimum atomic E-state index is -4.38. The quantitative estimate of drug-likeness (QED) is 0.878. The van der Waals surface area contributed by atoms with Crippen LogP contribution in [0.5, 0.6) is 0 Å². The lowest BCUT2D eigenvalue weighted by molar-refractivity contribution is -0.137. The first-order valence-corrected chi connectivity index (χ1v) is 6.40. The summed E-state index contributed by atoms with van der Waals surface area (Å²) >= 11 is 0. The van der Waals surface area contributed by atoms with Crippen LogP contribution in [0.15, 0.2) is 18.2 Å². The fourth-order valence-corrected chi connectivity index (χ4v) is 2.69. The van der Waals surface area contributed by atoms with Crippen molar-refractivity contribution in [1.29, 1.82) is 0 Å². The summed E-state index contributed by atoms with van der Waals surface area (Å²) in [5.74, 6) is -0.583. The second-order valence-electron chi connectivity index (χ2n) is 4.84. The lowest BCUT2D eigenvalue weighted by atomic mass is 9.83. The maximum absolute atomic E-state index is 12.7. The first-order valence-electron chi connectivity index (χ1n) is 6.40. The molecule has 1 aromatic carbocycles. The molecular formula is C14H16F3NO. The third-order valence-corrected chi connectivity index (χ3v) is 3.77. The zero-order chi connectivity index (χ0) is 14.2. The number of alkyl halides is 3. The van der Waals surface area contributed by atoms with Gasteiger partial charge in [-0.1, -0.05) is 26.7 Å². The summed E-state index contributed by atoms with van der Waals surface area (Å²) in [5, 5.41) is 2.67. The molecular weight excluding hydrogens is 255 g/mol. The first kappa shape index (κ1) is 13.9. The molecule has 5 heteroatoms. The van der Waals surface area contributed by atoms with E-state index >= 15 is 0 Å². The summed E-state index contributed by atoms with van der Waals surface area (Å²) in [5.41, 5.74) is 0.294. The van der Waals surface area contributed by atoms with E-state index in [0.29, 0.717) is 11.3 Å². The van der Waals surface area contributed by atoms with E-state index in [-0.39, 0.29) is 11.8 Å². The number of carbonyl (C=O) groups is 1. The summed E-state index contributed by atoms with van der Waals surface area (Å²) in [6, 6.07) is 3.46. The molecule has 1 amide bonds. The lowest BCUT2D eigenvalue weighted by Crippen LogP contribution is -2.20. The molecule has 1 N–H and O–H groups in total. The van der Waals surface area contributed by atoms with Crippen molar-refractivity contribution in [3.8, 4) is 0 Å². The molecule has 1 unspecified atom stereocenters. The second-order valence-corrected chi connectivity index (χ2v) is 4.84. The van der Waals surface area contributed by atoms with E-state index in [1.54, 1.807) is 0 Å². The van der Waals surface area contributed by atoms with Gasteiger partial charge in [0.05, 0.1) is 11.5 Å². The van der Waals surface area contributed by atoms with Crippen molar-refractivity contribution in [2.45, 2.75) is 38.8 Å². The van der Waals surface area contributed by atoms with Gasteiger partial charge in [0.2, 0.25) is 5.91 Å². The van der Waals surface area contributed by atoms with Crippen molar-refractivity contribution in [2.24, 2.45) is 5.92 Å². The monoisotopic (exact) mass is 271 g/mol. The molecule has 1 atom stereocenters. The van der Waals surface area contributed by atoms with Gasteiger partial charge in [0.1, 0.15) is 0 Å². The van der Waals surface area contributed by atoms with Crippen LogP contribution in [0.4, 0.5) is 18.9 Å². The molecule has 2 nitrogen and oxygen atoms in total. The Morgan fingerprint density at radius 3 is 2.42 bits per heavy atom. The van der Waals surface area contributed by atoms with E-state index in [2.05, 4.69) is 5.32 Å². The van der Waals surface area contributed by atoms with E-state index in [1.165, 1.54) is 6.07 Å². The van der Waals surface area contributed by atoms with Gasteiger partial charge in [-0.25, -0.2) is 0 Å². The molecule has 1 aromatic rings. The van der Waals surface area contributed by atoms with Gasteiger partial charge in [0.15, 0.2) is 0 Å². The zero-order valence-electron chi connectivity index (χ0n) is 10.8. The highest BCUT2D eigenvalue weighted by atomic mass is 19.4. The van der Waals surface area contributed by atoms with Gasteiger partial charge in [-0.05, 0) is 29.7 Å². The Bertz CT molecular complexity index is 492. The molecule has 0 radical (unpaired) electrons. The van der Waals surface area contributed by atoms with Gasteiger partial charge in [-0.3, -0.25) is 4.79 Å². The van der Waals surface area contributed by atoms with Gasteiger partial charge in [0.25, 0.3) is 0 Å². The van der Waals surface area contributed by atoms with E-state index in [1.807, 2.05) is 13.8 Å². The largest absolute Gasteiger partial charge is 0.416 e. The Morgan fingerprint density at radius 2 is 1.89 bits per heavy atom. The molecule has 0 saturated carbocycles. The molecule has 1 aliphatic rings. The molecule has 1 aliphatic heterocycles. The standard InChI is InChI=1S/C14H16F3NO/c1-3-8(4-2)12-10-7-9(14(15,16)17)5-6-11(10)18-13(12)19/h5-8,12H,3-4H2,1-2H3,(H,18,19). The van der Waals surface area contributed by atoms with Crippen LogP contribution in [-0.2, 0) is 11.0 Å². The average Bonchev–Trinajstić information content (AvgIpc) is 2.66. The Labute approximate surface area is 110 Å². The maximum Gasteiger partial charge on any atom is 0.416 e. The highest BCUT2D eigenvalue weighted by molar-refractivity contribution is 6.03. The second kappa shape index (κ2) is 4.87. The Balaban J connectivity index is 2.46. The molecule has 104 valence electrons. The predicted octanol–water partition coefficient (Wildman–Crippen LogP) is 4.18. The van der Waals surface area contributed by atoms with Crippen molar-refractivity contribution in [3.05, 3.63) is 29.3 Å². The van der Waals surface area contributed by atoms with Crippen molar-refractivity contribution < 1.29 is 18.0 Å². The number of amides is 1. The molecule has 0 spiro atoms. The van der Waals surface area contributed by atoms with Crippen LogP contribution in [-0.4, -0.2) is 5.91 Å². The van der Waals surface area contributed by atoms with Crippen LogP contribution in [0.2, 0.25) is 0 Å². The van der Waals surface area contributed by atoms with E-state index in [0.717, 1.165) is 25.0 Å². The Kier molecular flexibility index (Phi) is 3.56. The number of halogens is 3. The third-order valence-electron chi connectivity index (χ3n) is 3.77. The maximum atomic E-state index is 12.7. The van der Waals surface area contributed by atoms with Crippen molar-refractivity contribution >= 4 is 11.6 Å². The number of hydrogen-bond acceptors (Lipinski definition) is 1. The van der Waals surface area contributed by atoms with Crippen LogP contribution < -0.4 is 5.32 Å². The lowest BCUT2D eigenvalue weighted by Gasteiger charge is -2.19. The summed E-state index contributed by atoms with van der Waals surface area (Å²) < 4.78 is 38.2. The first-order chi connectivity index (χ1) is 8.88. The Hall–Kier alpha value is -1.52. The molecule has 0 aliphatic carbocycles. The highest BCUT2D eigenvalue weighted by Crippen LogP contribution is 2.42. The fourth-order valence-electron chi connectivity index (χ4n) is 2.69. The molecule has 0 fully saturated rings. The average molecular weight is 271 g/mol. The summed E-state index contributed by atoms with van der Waals surface area (Å²) in [6.07, 6.45) is -2.84. The highest BCUT2D eigenvalue weighted by Gasteiger charge is 2.38. The van der Waals surface area contributed by atoms with Crippen molar-refractivity contribution in [3.63, 3.8) is 0 Å². The van der Waals surface area contributed by atoms with Crippen LogP contribution in [0, 0.1) is 5.92 Å². The topological polar surface area (TPSA) is 29.1 Å². The molecule has 19 heavy (non-hydrogen) atoms. The summed E-state index contributed by atoms with van der Waals surface area (Å²) in [4.78, 5) is 12.0. The fraction of sp³-hybridized carbons (Fsp3) is 0.500. The molecule has 0 saturated heterocycles. The van der Waals surface area contributed by atoms with Crippen molar-refractivity contribution in [2.75, 3.05) is 5.32 Å². The normalized spacial score (nSPS) is 18.6. The number of nitrogens with one attached hydrogen (secondary N) is 1. The van der Waals surface area contributed by atoms with E-state index < -0.39 is 17.7 Å². The van der Waals surface area contributed by atoms with Gasteiger partial charge in [0, 0.05) is 5.69 Å². The predicted molar refractivity (Wildman–Crippen MR) is 66.9 cm³/mol. The SMILES string of the molecule is CCC(CC)C1C(=O)Nc2ccc(C(F)(F)F)cc21. The number of fused-ring (bicyclic) bond motifs is 1. The molecule has 2 rings (SSSR count). The minimum absolute atomic E-state index is 0.0738. The van der Waals surface area contributed by atoms with Gasteiger partial charge < -0.3 is 5.32 Å². The number of rotatable bonds is 3. The van der Waals surface area contributed by atoms with Crippen LogP contribution >= 0.6 is 0 Å². The summed E-state index contributed by atoms with van der Waals surface area (Å²) in [7, 11) is 0. The number of carbonyl (C=O) groups excluding carboxylic acids is 1. The number of anilines is 1. The molecule has 1 heterocycles. The zero-order valence-corrected chi connectivity index (χ0v) is 10.8. The van der Waals surface area contributed by atoms with E-state index in [9.17, 15) is 18.0 Å². The number of hydrogen-bond donors (Lipinski definition) is 1. The third kappa shape index (κ3) is 2.46. The molecule has 0 bridgehead atoms. The van der Waals surface area contributed by atoms with Gasteiger partial charge in [-0.2, -0.15) is 13.2 Å². The van der Waals surface area contributed by atoms with Crippen LogP contribution in [0.3, 0.4) is 0 Å². The summed E-state index contributed by atoms with van der Waals surface area (Å²) in [6.45, 7) is 3.90. The van der Waals surface area contributed by atoms with E-state index in [4.69, 9.17) is 0 Å². The smallest absolute Gasteiger partial charge is 0.325 e. The van der Waals surface area contributed by atoms with Gasteiger partial charge >= 0.3 is 6.18 Å². The Morgan fingerprint density at radius 1 is 1.26 bits per heavy atom.